The van der Waals surface area contributed by atoms with Crippen LogP contribution in [0.4, 0.5) is 0 Å². The minimum absolute atomic E-state index is 0.00399. The van der Waals surface area contributed by atoms with Crippen LogP contribution in [0.15, 0.2) is 47.6 Å². The van der Waals surface area contributed by atoms with Crippen molar-refractivity contribution in [2.75, 3.05) is 0 Å². The molecule has 5 heteroatoms. The average Bonchev–Trinajstić information content (AvgIpc) is 2.77. The van der Waals surface area contributed by atoms with Gasteiger partial charge in [-0.05, 0) is 95.3 Å². The molecule has 2 aliphatic rings. The Morgan fingerprint density at radius 3 is 2.40 bits per heavy atom. The first kappa shape index (κ1) is 25.1. The maximum atomic E-state index is 13.1. The number of rotatable bonds is 5. The van der Waals surface area contributed by atoms with Crippen LogP contribution in [0.1, 0.15) is 86.7 Å². The van der Waals surface area contributed by atoms with E-state index in [1.165, 1.54) is 5.57 Å². The summed E-state index contributed by atoms with van der Waals surface area (Å²) in [6, 6.07) is 7.29. The summed E-state index contributed by atoms with van der Waals surface area (Å²) >= 11 is 0. The minimum atomic E-state index is -0.679. The SMILES string of the molecule is CC(C)=CCc1cc(C2CC(=O)c3ccc(O)c(CC=C(C)C)c3O2)cc2c1OC(C)(C)C(O)C2. The van der Waals surface area contributed by atoms with E-state index in [2.05, 4.69) is 26.0 Å². The van der Waals surface area contributed by atoms with Crippen LogP contribution in [0.25, 0.3) is 0 Å². The molecule has 0 radical (unpaired) electrons. The normalized spacial score (nSPS) is 20.1. The number of allylic oxidation sites excluding steroid dienone is 4. The standard InChI is InChI=1S/C30H36O5/c1-17(2)7-9-19-13-20(14-21-15-27(33)30(5,6)35-28(19)21)26-16-25(32)23-11-12-24(31)22(29(23)34-26)10-8-18(3)4/h7-8,11-14,26-27,31,33H,9-10,15-16H2,1-6H3. The second-order valence-corrected chi connectivity index (χ2v) is 10.7. The van der Waals surface area contributed by atoms with Gasteiger partial charge < -0.3 is 19.7 Å². The lowest BCUT2D eigenvalue weighted by molar-refractivity contribution is -0.0417. The number of carbonyl (C=O) groups excluding carboxylic acids is 1. The van der Waals surface area contributed by atoms with Crippen molar-refractivity contribution in [3.05, 3.63) is 75.4 Å². The predicted octanol–water partition coefficient (Wildman–Crippen LogP) is 6.19. The van der Waals surface area contributed by atoms with E-state index in [0.29, 0.717) is 36.1 Å². The Hall–Kier alpha value is -3.05. The summed E-state index contributed by atoms with van der Waals surface area (Å²) < 4.78 is 12.7. The third-order valence-corrected chi connectivity index (χ3v) is 6.83. The largest absolute Gasteiger partial charge is 0.508 e. The summed E-state index contributed by atoms with van der Waals surface area (Å²) in [4.78, 5) is 13.1. The maximum Gasteiger partial charge on any atom is 0.170 e. The predicted molar refractivity (Wildman–Crippen MR) is 138 cm³/mol. The number of carbonyl (C=O) groups is 1. The molecule has 0 bridgehead atoms. The van der Waals surface area contributed by atoms with Crippen LogP contribution in [-0.4, -0.2) is 27.7 Å². The van der Waals surface area contributed by atoms with Crippen molar-refractivity contribution in [3.8, 4) is 17.2 Å². The number of hydrogen-bond donors (Lipinski definition) is 2. The van der Waals surface area contributed by atoms with Crippen molar-refractivity contribution in [2.24, 2.45) is 0 Å². The van der Waals surface area contributed by atoms with Crippen LogP contribution in [0.2, 0.25) is 0 Å². The molecule has 4 rings (SSSR count). The summed E-state index contributed by atoms with van der Waals surface area (Å²) in [7, 11) is 0. The third-order valence-electron chi connectivity index (χ3n) is 6.83. The first-order valence-corrected chi connectivity index (χ1v) is 12.3. The summed E-state index contributed by atoms with van der Waals surface area (Å²) in [5, 5.41) is 21.2. The summed E-state index contributed by atoms with van der Waals surface area (Å²) in [5.41, 5.74) is 5.62. The topological polar surface area (TPSA) is 76.0 Å². The molecule has 2 unspecified atom stereocenters. The molecule has 0 fully saturated rings. The highest BCUT2D eigenvalue weighted by Crippen LogP contribution is 2.44. The van der Waals surface area contributed by atoms with Gasteiger partial charge in [0, 0.05) is 12.0 Å². The summed E-state index contributed by atoms with van der Waals surface area (Å²) in [6.45, 7) is 11.9. The molecule has 2 atom stereocenters. The fraction of sp³-hybridized carbons (Fsp3) is 0.433. The number of aromatic hydroxyl groups is 1. The Labute approximate surface area is 208 Å². The first-order valence-electron chi connectivity index (χ1n) is 12.3. The number of hydrogen-bond acceptors (Lipinski definition) is 5. The molecule has 0 amide bonds. The highest BCUT2D eigenvalue weighted by Gasteiger charge is 2.38. The van der Waals surface area contributed by atoms with Crippen molar-refractivity contribution in [2.45, 2.75) is 85.0 Å². The van der Waals surface area contributed by atoms with E-state index in [-0.39, 0.29) is 18.0 Å². The van der Waals surface area contributed by atoms with Crippen LogP contribution in [0.3, 0.4) is 0 Å². The fourth-order valence-corrected chi connectivity index (χ4v) is 4.62. The van der Waals surface area contributed by atoms with E-state index in [9.17, 15) is 15.0 Å². The number of aliphatic hydroxyl groups excluding tert-OH is 1. The Morgan fingerprint density at radius 2 is 1.71 bits per heavy atom. The van der Waals surface area contributed by atoms with Gasteiger partial charge in [-0.25, -0.2) is 0 Å². The monoisotopic (exact) mass is 476 g/mol. The van der Waals surface area contributed by atoms with Crippen LogP contribution in [0.5, 0.6) is 17.2 Å². The van der Waals surface area contributed by atoms with Gasteiger partial charge in [-0.1, -0.05) is 23.3 Å². The average molecular weight is 477 g/mol. The summed E-state index contributed by atoms with van der Waals surface area (Å²) in [5.74, 6) is 1.40. The van der Waals surface area contributed by atoms with E-state index >= 15 is 0 Å². The molecular formula is C30H36O5. The number of benzene rings is 2. The molecule has 2 heterocycles. The summed E-state index contributed by atoms with van der Waals surface area (Å²) in [6.07, 6.45) is 4.92. The van der Waals surface area contributed by atoms with E-state index in [1.807, 2.05) is 39.8 Å². The molecule has 0 saturated heterocycles. The number of fused-ring (bicyclic) bond motifs is 2. The van der Waals surface area contributed by atoms with Crippen LogP contribution < -0.4 is 9.47 Å². The van der Waals surface area contributed by atoms with Gasteiger partial charge in [-0.15, -0.1) is 0 Å². The minimum Gasteiger partial charge on any atom is -0.508 e. The highest BCUT2D eigenvalue weighted by molar-refractivity contribution is 6.00. The number of phenolic OH excluding ortho intramolecular Hbond substituents is 1. The molecule has 35 heavy (non-hydrogen) atoms. The van der Waals surface area contributed by atoms with E-state index in [4.69, 9.17) is 9.47 Å². The van der Waals surface area contributed by atoms with Crippen LogP contribution in [0, 0.1) is 0 Å². The van der Waals surface area contributed by atoms with Crippen LogP contribution >= 0.6 is 0 Å². The highest BCUT2D eigenvalue weighted by atomic mass is 16.5. The van der Waals surface area contributed by atoms with E-state index in [0.717, 1.165) is 28.0 Å². The second-order valence-electron chi connectivity index (χ2n) is 10.7. The van der Waals surface area contributed by atoms with Crippen molar-refractivity contribution in [3.63, 3.8) is 0 Å². The van der Waals surface area contributed by atoms with Crippen molar-refractivity contribution < 1.29 is 24.5 Å². The van der Waals surface area contributed by atoms with E-state index < -0.39 is 17.8 Å². The second kappa shape index (κ2) is 9.54. The molecule has 2 aliphatic heterocycles. The molecule has 0 aromatic heterocycles. The van der Waals surface area contributed by atoms with Gasteiger partial charge in [0.15, 0.2) is 5.78 Å². The first-order chi connectivity index (χ1) is 16.5. The lowest BCUT2D eigenvalue weighted by atomic mass is 9.86. The maximum absolute atomic E-state index is 13.1. The van der Waals surface area contributed by atoms with Crippen LogP contribution in [-0.2, 0) is 19.3 Å². The zero-order valence-electron chi connectivity index (χ0n) is 21.6. The molecule has 2 N–H and O–H groups in total. The number of Topliss-reactive ketones (excluding diaryl/α,β-unsaturated/α-hetero) is 1. The number of phenols is 1. The Kier molecular flexibility index (Phi) is 6.83. The molecule has 0 saturated carbocycles. The van der Waals surface area contributed by atoms with Crippen molar-refractivity contribution in [1.82, 2.24) is 0 Å². The van der Waals surface area contributed by atoms with Crippen molar-refractivity contribution >= 4 is 5.78 Å². The number of ether oxygens (including phenoxy) is 2. The molecule has 0 spiro atoms. The quantitative estimate of drug-likeness (QED) is 0.503. The van der Waals surface area contributed by atoms with Gasteiger partial charge >= 0.3 is 0 Å². The smallest absolute Gasteiger partial charge is 0.170 e. The van der Waals surface area contributed by atoms with Crippen molar-refractivity contribution in [1.29, 1.82) is 0 Å². The fourth-order valence-electron chi connectivity index (χ4n) is 4.62. The molecular weight excluding hydrogens is 440 g/mol. The third kappa shape index (κ3) is 5.15. The van der Waals surface area contributed by atoms with Gasteiger partial charge in [-0.3, -0.25) is 4.79 Å². The molecule has 5 nitrogen and oxygen atoms in total. The van der Waals surface area contributed by atoms with Gasteiger partial charge in [0.1, 0.15) is 29.0 Å². The zero-order valence-corrected chi connectivity index (χ0v) is 21.6. The zero-order chi connectivity index (χ0) is 25.5. The lowest BCUT2D eigenvalue weighted by Crippen LogP contribution is -2.46. The molecule has 186 valence electrons. The lowest BCUT2D eigenvalue weighted by Gasteiger charge is -2.38. The van der Waals surface area contributed by atoms with Gasteiger partial charge in [0.2, 0.25) is 0 Å². The van der Waals surface area contributed by atoms with Gasteiger partial charge in [0.05, 0.1) is 18.1 Å². The Bertz CT molecular complexity index is 1210. The number of ketones is 1. The van der Waals surface area contributed by atoms with Gasteiger partial charge in [-0.2, -0.15) is 0 Å². The molecule has 0 aliphatic carbocycles. The van der Waals surface area contributed by atoms with E-state index in [1.54, 1.807) is 12.1 Å². The molecule has 2 aromatic carbocycles. The van der Waals surface area contributed by atoms with Gasteiger partial charge in [0.25, 0.3) is 0 Å². The number of aliphatic hydroxyl groups is 1. The Morgan fingerprint density at radius 1 is 1.03 bits per heavy atom. The molecule has 2 aromatic rings. The Balaban J connectivity index is 1.78.